The number of carbonyl (C=O) groups excluding carboxylic acids is 1. The lowest BCUT2D eigenvalue weighted by molar-refractivity contribution is -0.113. The van der Waals surface area contributed by atoms with Crippen molar-refractivity contribution in [1.29, 1.82) is 0 Å². The van der Waals surface area contributed by atoms with E-state index in [0.29, 0.717) is 35.2 Å². The van der Waals surface area contributed by atoms with Crippen LogP contribution in [0.3, 0.4) is 0 Å². The molecule has 3 aromatic rings. The summed E-state index contributed by atoms with van der Waals surface area (Å²) in [6.07, 6.45) is 7.86. The van der Waals surface area contributed by atoms with Crippen LogP contribution in [0, 0.1) is 5.92 Å². The molecule has 1 aliphatic rings. The number of nitrogens with zero attached hydrogens (tertiary/aromatic N) is 3. The summed E-state index contributed by atoms with van der Waals surface area (Å²) in [6, 6.07) is 10.9. The van der Waals surface area contributed by atoms with Crippen molar-refractivity contribution < 1.29 is 18.7 Å². The second-order valence-corrected chi connectivity index (χ2v) is 8.53. The standard InChI is InChI=1S/C23H26N4O4S/c1-29-18-11-9-17(10-12-18)22-26-27-23(31-22)32-15-20(28)25-21-19(8-5-13-24-21)30-14-16-6-3-2-4-7-16/h5,8-13,16H,2-4,6-7,14-15H2,1H3,(H,24,25,28). The van der Waals surface area contributed by atoms with Gasteiger partial charge >= 0.3 is 0 Å². The zero-order valence-electron chi connectivity index (χ0n) is 18.0. The molecule has 0 atom stereocenters. The molecule has 1 fully saturated rings. The lowest BCUT2D eigenvalue weighted by atomic mass is 9.90. The van der Waals surface area contributed by atoms with E-state index in [9.17, 15) is 4.79 Å². The van der Waals surface area contributed by atoms with Gasteiger partial charge in [0.15, 0.2) is 11.6 Å². The summed E-state index contributed by atoms with van der Waals surface area (Å²) in [5.74, 6) is 2.62. The monoisotopic (exact) mass is 454 g/mol. The number of methoxy groups -OCH3 is 1. The fourth-order valence-electron chi connectivity index (χ4n) is 3.58. The molecular weight excluding hydrogens is 428 g/mol. The number of hydrogen-bond donors (Lipinski definition) is 1. The summed E-state index contributed by atoms with van der Waals surface area (Å²) in [5, 5.41) is 11.2. The Kier molecular flexibility index (Phi) is 7.60. The Morgan fingerprint density at radius 3 is 2.75 bits per heavy atom. The summed E-state index contributed by atoms with van der Waals surface area (Å²) in [5.41, 5.74) is 0.780. The van der Waals surface area contributed by atoms with Gasteiger partial charge in [-0.2, -0.15) is 0 Å². The molecular formula is C23H26N4O4S. The van der Waals surface area contributed by atoms with Crippen LogP contribution in [0.25, 0.3) is 11.5 Å². The van der Waals surface area contributed by atoms with E-state index < -0.39 is 0 Å². The quantitative estimate of drug-likeness (QED) is 0.459. The number of aromatic nitrogens is 3. The van der Waals surface area contributed by atoms with Crippen LogP contribution >= 0.6 is 11.8 Å². The first-order valence-electron chi connectivity index (χ1n) is 10.7. The second kappa shape index (κ2) is 11.0. The van der Waals surface area contributed by atoms with Gasteiger partial charge in [-0.15, -0.1) is 10.2 Å². The molecule has 0 aliphatic heterocycles. The Morgan fingerprint density at radius 2 is 1.97 bits per heavy atom. The summed E-state index contributed by atoms with van der Waals surface area (Å²) in [6.45, 7) is 0.652. The maximum atomic E-state index is 12.5. The van der Waals surface area contributed by atoms with E-state index in [0.717, 1.165) is 11.3 Å². The van der Waals surface area contributed by atoms with Crippen molar-refractivity contribution in [1.82, 2.24) is 15.2 Å². The van der Waals surface area contributed by atoms with Crippen LogP contribution in [0.1, 0.15) is 32.1 Å². The Morgan fingerprint density at radius 1 is 1.16 bits per heavy atom. The van der Waals surface area contributed by atoms with E-state index in [4.69, 9.17) is 13.9 Å². The number of carbonyl (C=O) groups is 1. The fourth-order valence-corrected chi connectivity index (χ4v) is 4.14. The summed E-state index contributed by atoms with van der Waals surface area (Å²) in [4.78, 5) is 16.7. The number of pyridine rings is 1. The van der Waals surface area contributed by atoms with Crippen LogP contribution in [0.15, 0.2) is 52.2 Å². The van der Waals surface area contributed by atoms with Crippen LogP contribution in [0.5, 0.6) is 11.5 Å². The van der Waals surface area contributed by atoms with Crippen LogP contribution in [0.2, 0.25) is 0 Å². The largest absolute Gasteiger partial charge is 0.497 e. The molecule has 32 heavy (non-hydrogen) atoms. The summed E-state index contributed by atoms with van der Waals surface area (Å²) >= 11 is 1.17. The van der Waals surface area contributed by atoms with Crippen molar-refractivity contribution in [2.45, 2.75) is 37.3 Å². The van der Waals surface area contributed by atoms with E-state index >= 15 is 0 Å². The molecule has 1 N–H and O–H groups in total. The Hall–Kier alpha value is -3.07. The minimum absolute atomic E-state index is 0.114. The molecule has 2 heterocycles. The lowest BCUT2D eigenvalue weighted by Crippen LogP contribution is -2.18. The van der Waals surface area contributed by atoms with Gasteiger partial charge in [0.25, 0.3) is 5.22 Å². The first-order valence-corrected chi connectivity index (χ1v) is 11.7. The van der Waals surface area contributed by atoms with Gasteiger partial charge in [-0.1, -0.05) is 31.0 Å². The highest BCUT2D eigenvalue weighted by Crippen LogP contribution is 2.28. The zero-order valence-corrected chi connectivity index (χ0v) is 18.8. The SMILES string of the molecule is COc1ccc(-c2nnc(SCC(=O)Nc3ncccc3OCC3CCCCC3)o2)cc1. The van der Waals surface area contributed by atoms with Crippen LogP contribution in [-0.2, 0) is 4.79 Å². The molecule has 1 aromatic carbocycles. The molecule has 9 heteroatoms. The molecule has 8 nitrogen and oxygen atoms in total. The van der Waals surface area contributed by atoms with Crippen molar-refractivity contribution in [3.8, 4) is 23.0 Å². The number of rotatable bonds is 9. The normalized spacial score (nSPS) is 14.2. The predicted molar refractivity (Wildman–Crippen MR) is 122 cm³/mol. The fraction of sp³-hybridized carbons (Fsp3) is 0.391. The Balaban J connectivity index is 1.29. The molecule has 2 aromatic heterocycles. The number of thioether (sulfide) groups is 1. The minimum Gasteiger partial charge on any atom is -0.497 e. The Labute approximate surface area is 191 Å². The predicted octanol–water partition coefficient (Wildman–Crippen LogP) is 4.83. The highest BCUT2D eigenvalue weighted by molar-refractivity contribution is 7.99. The number of anilines is 1. The van der Waals surface area contributed by atoms with Crippen LogP contribution in [0.4, 0.5) is 5.82 Å². The molecule has 0 saturated heterocycles. The summed E-state index contributed by atoms with van der Waals surface area (Å²) < 4.78 is 16.8. The first-order chi connectivity index (χ1) is 15.7. The number of nitrogens with one attached hydrogen (secondary N) is 1. The average Bonchev–Trinajstić information content (AvgIpc) is 3.32. The van der Waals surface area contributed by atoms with Gasteiger partial charge < -0.3 is 19.2 Å². The van der Waals surface area contributed by atoms with Crippen molar-refractivity contribution in [3.63, 3.8) is 0 Å². The van der Waals surface area contributed by atoms with Crippen molar-refractivity contribution >= 4 is 23.5 Å². The van der Waals surface area contributed by atoms with Crippen LogP contribution in [-0.4, -0.2) is 40.6 Å². The van der Waals surface area contributed by atoms with E-state index in [1.165, 1.54) is 43.9 Å². The van der Waals surface area contributed by atoms with Gasteiger partial charge in [-0.05, 0) is 55.2 Å². The van der Waals surface area contributed by atoms with Gasteiger partial charge in [0.05, 0.1) is 19.5 Å². The highest BCUT2D eigenvalue weighted by Gasteiger charge is 2.17. The second-order valence-electron chi connectivity index (χ2n) is 7.60. The topological polar surface area (TPSA) is 99.4 Å². The van der Waals surface area contributed by atoms with Gasteiger partial charge in [0, 0.05) is 11.8 Å². The molecule has 0 radical (unpaired) electrons. The van der Waals surface area contributed by atoms with Crippen LogP contribution < -0.4 is 14.8 Å². The molecule has 1 saturated carbocycles. The third-order valence-electron chi connectivity index (χ3n) is 5.30. The molecule has 0 spiro atoms. The van der Waals surface area contributed by atoms with Crippen molar-refractivity contribution in [2.75, 3.05) is 24.8 Å². The van der Waals surface area contributed by atoms with E-state index in [1.807, 2.05) is 30.3 Å². The molecule has 168 valence electrons. The summed E-state index contributed by atoms with van der Waals surface area (Å²) in [7, 11) is 1.61. The van der Waals surface area contributed by atoms with Crippen molar-refractivity contribution in [2.24, 2.45) is 5.92 Å². The third kappa shape index (κ3) is 6.00. The molecule has 1 amide bonds. The smallest absolute Gasteiger partial charge is 0.277 e. The van der Waals surface area contributed by atoms with E-state index in [2.05, 4.69) is 20.5 Å². The van der Waals surface area contributed by atoms with Gasteiger partial charge in [-0.3, -0.25) is 4.79 Å². The maximum Gasteiger partial charge on any atom is 0.277 e. The first kappa shape index (κ1) is 22.1. The molecule has 0 unspecified atom stereocenters. The van der Waals surface area contributed by atoms with Gasteiger partial charge in [0.2, 0.25) is 11.8 Å². The number of hydrogen-bond acceptors (Lipinski definition) is 8. The number of amides is 1. The third-order valence-corrected chi connectivity index (χ3v) is 6.12. The number of benzene rings is 1. The number of ether oxygens (including phenoxy) is 2. The molecule has 4 rings (SSSR count). The van der Waals surface area contributed by atoms with Gasteiger partial charge in [0.1, 0.15) is 5.75 Å². The minimum atomic E-state index is -0.222. The van der Waals surface area contributed by atoms with E-state index in [-0.39, 0.29) is 11.7 Å². The maximum absolute atomic E-state index is 12.5. The zero-order chi connectivity index (χ0) is 22.2. The average molecular weight is 455 g/mol. The Bertz CT molecular complexity index is 1020. The van der Waals surface area contributed by atoms with Crippen molar-refractivity contribution in [3.05, 3.63) is 42.6 Å². The van der Waals surface area contributed by atoms with E-state index in [1.54, 1.807) is 19.4 Å². The molecule has 1 aliphatic carbocycles. The lowest BCUT2D eigenvalue weighted by Gasteiger charge is -2.22. The molecule has 0 bridgehead atoms. The highest BCUT2D eigenvalue weighted by atomic mass is 32.2. The van der Waals surface area contributed by atoms with Gasteiger partial charge in [-0.25, -0.2) is 4.98 Å².